The van der Waals surface area contributed by atoms with E-state index < -0.39 is 34.2 Å². The van der Waals surface area contributed by atoms with Gasteiger partial charge in [-0.05, 0) is 46.9 Å². The Kier molecular flexibility index (Phi) is 9.42. The van der Waals surface area contributed by atoms with Gasteiger partial charge in [0.25, 0.3) is 11.8 Å². The van der Waals surface area contributed by atoms with Crippen molar-refractivity contribution in [2.75, 3.05) is 18.2 Å². The molecule has 2 amide bonds. The van der Waals surface area contributed by atoms with Crippen LogP contribution in [0.3, 0.4) is 0 Å². The number of anilines is 1. The first-order chi connectivity index (χ1) is 27.0. The Morgan fingerprint density at radius 1 is 0.911 bits per heavy atom. The number of oxime groups is 1. The minimum atomic E-state index is -1.48. The topological polar surface area (TPSA) is 177 Å². The lowest BCUT2D eigenvalue weighted by Gasteiger charge is -2.56. The Bertz CT molecular complexity index is 2280. The minimum absolute atomic E-state index is 0.161. The van der Waals surface area contributed by atoms with Gasteiger partial charge in [0.05, 0.1) is 5.70 Å². The number of fused-ring (bicyclic) bond motifs is 2. The van der Waals surface area contributed by atoms with E-state index in [9.17, 15) is 29.7 Å². The molecule has 284 valence electrons. The number of thioether (sulfide) groups is 1. The highest BCUT2D eigenvalue weighted by Gasteiger charge is 2.63. The number of rotatable bonds is 11. The molecule has 3 aliphatic heterocycles. The highest BCUT2D eigenvalue weighted by Crippen LogP contribution is 2.48. The Hall–Kier alpha value is -6.32. The van der Waals surface area contributed by atoms with Crippen molar-refractivity contribution in [2.45, 2.75) is 36.5 Å². The lowest BCUT2D eigenvalue weighted by atomic mass is 9.77. The normalized spacial score (nSPS) is 19.2. The van der Waals surface area contributed by atoms with Crippen LogP contribution in [0.25, 0.3) is 0 Å². The van der Waals surface area contributed by atoms with Crippen LogP contribution < -0.4 is 10.6 Å². The fraction of sp³-hybridized carbons (Fsp3) is 0.195. The van der Waals surface area contributed by atoms with Crippen LogP contribution in [-0.2, 0) is 37.8 Å². The Labute approximate surface area is 329 Å². The molecule has 13 nitrogen and oxygen atoms in total. The maximum atomic E-state index is 14.1. The number of carbonyl (C=O) groups is 3. The van der Waals surface area contributed by atoms with Crippen LogP contribution in [0.1, 0.15) is 40.4 Å². The van der Waals surface area contributed by atoms with Crippen molar-refractivity contribution in [3.8, 4) is 11.5 Å². The number of hydrogen-bond acceptors (Lipinski definition) is 12. The number of carbonyl (C=O) groups excluding carboxylic acids is 2. The van der Waals surface area contributed by atoms with E-state index in [0.717, 1.165) is 27.8 Å². The summed E-state index contributed by atoms with van der Waals surface area (Å²) in [5, 5.41) is 42.4. The summed E-state index contributed by atoms with van der Waals surface area (Å²) in [6.07, 6.45) is 0. The molecule has 8 rings (SSSR count). The van der Waals surface area contributed by atoms with Crippen molar-refractivity contribution in [3.63, 3.8) is 0 Å². The smallest absolute Gasteiger partial charge is 0.354 e. The number of β-lactam (4-membered cyclic amide) rings is 1. The molecule has 1 unspecified atom stereocenters. The van der Waals surface area contributed by atoms with Crippen LogP contribution >= 0.6 is 23.1 Å². The summed E-state index contributed by atoms with van der Waals surface area (Å²) in [7, 11) is 1.31. The summed E-state index contributed by atoms with van der Waals surface area (Å²) in [4.78, 5) is 53.7. The van der Waals surface area contributed by atoms with Gasteiger partial charge >= 0.3 is 5.97 Å². The molecule has 1 saturated heterocycles. The zero-order valence-corrected chi connectivity index (χ0v) is 31.8. The number of amides is 2. The van der Waals surface area contributed by atoms with Crippen LogP contribution in [0.5, 0.6) is 11.5 Å². The number of thiazole rings is 1. The molecule has 0 spiro atoms. The van der Waals surface area contributed by atoms with Crippen molar-refractivity contribution in [2.24, 2.45) is 5.16 Å². The van der Waals surface area contributed by atoms with E-state index in [1.54, 1.807) is 12.3 Å². The van der Waals surface area contributed by atoms with E-state index in [-0.39, 0.29) is 34.4 Å². The molecule has 1 fully saturated rings. The largest absolute Gasteiger partial charge is 0.504 e. The molecule has 4 heterocycles. The van der Waals surface area contributed by atoms with Crippen molar-refractivity contribution < 1.29 is 34.5 Å². The highest BCUT2D eigenvalue weighted by molar-refractivity contribution is 8.00. The van der Waals surface area contributed by atoms with Gasteiger partial charge in [0, 0.05) is 24.2 Å². The summed E-state index contributed by atoms with van der Waals surface area (Å²) in [5.41, 5.74) is 2.34. The molecule has 15 heteroatoms. The average Bonchev–Trinajstić information content (AvgIpc) is 3.86. The maximum absolute atomic E-state index is 14.1. The molecule has 0 bridgehead atoms. The number of benzene rings is 4. The quantitative estimate of drug-likeness (QED) is 0.0380. The third-order valence-corrected chi connectivity index (χ3v) is 12.5. The van der Waals surface area contributed by atoms with E-state index in [1.807, 2.05) is 95.9 Å². The molecule has 0 saturated carbocycles. The number of carboxylic acid groups (broad SMARTS) is 1. The zero-order chi connectivity index (χ0) is 39.2. The van der Waals surface area contributed by atoms with E-state index in [4.69, 9.17) is 9.82 Å². The second-order valence-corrected chi connectivity index (χ2v) is 15.6. The summed E-state index contributed by atoms with van der Waals surface area (Å²) in [6, 6.07) is 32.9. The van der Waals surface area contributed by atoms with Gasteiger partial charge in [0.2, 0.25) is 0 Å². The number of phenolic OH excluding ortho intramolecular Hbond substituents is 2. The number of nitrogens with one attached hydrogen (secondary N) is 2. The molecule has 5 aromatic rings. The first-order valence-electron chi connectivity index (χ1n) is 17.6. The first-order valence-corrected chi connectivity index (χ1v) is 19.5. The predicted molar refractivity (Wildman–Crippen MR) is 212 cm³/mol. The molecule has 3 aliphatic rings. The van der Waals surface area contributed by atoms with Crippen LogP contribution in [0, 0.1) is 0 Å². The van der Waals surface area contributed by atoms with E-state index in [2.05, 4.69) is 15.8 Å². The first kappa shape index (κ1) is 36.6. The summed E-state index contributed by atoms with van der Waals surface area (Å²) >= 11 is 2.61. The monoisotopic (exact) mass is 788 g/mol. The van der Waals surface area contributed by atoms with Crippen LogP contribution in [-0.4, -0.2) is 77.4 Å². The van der Waals surface area contributed by atoms with Crippen LogP contribution in [0.15, 0.2) is 125 Å². The zero-order valence-electron chi connectivity index (χ0n) is 30.2. The SMILES string of the molecule is CO/N=C(\C(=O)NC1(C)C(=O)N2C(C(=O)O)=C(N3Cc4cc(O)c(O)cc4C3)CS[C@H]21)c1csc(NC(c2ccccc2)(c2ccccc2)c2ccccc2)n1. The third-order valence-electron chi connectivity index (χ3n) is 10.3. The number of aliphatic carboxylic acids is 1. The van der Waals surface area contributed by atoms with Crippen molar-refractivity contribution in [3.05, 3.63) is 153 Å². The van der Waals surface area contributed by atoms with Gasteiger partial charge < -0.3 is 35.7 Å². The molecule has 0 radical (unpaired) electrons. The number of carboxylic acids is 1. The molecule has 5 N–H and O–H groups in total. The van der Waals surface area contributed by atoms with Gasteiger partial charge in [-0.15, -0.1) is 23.1 Å². The molecular weight excluding hydrogens is 753 g/mol. The lowest BCUT2D eigenvalue weighted by molar-refractivity contribution is -0.157. The van der Waals surface area contributed by atoms with Crippen LogP contribution in [0.2, 0.25) is 0 Å². The maximum Gasteiger partial charge on any atom is 0.354 e. The molecule has 4 aromatic carbocycles. The number of aromatic nitrogens is 1. The number of nitrogens with zero attached hydrogens (tertiary/aromatic N) is 4. The Morgan fingerprint density at radius 2 is 1.45 bits per heavy atom. The second kappa shape index (κ2) is 14.4. The molecule has 56 heavy (non-hydrogen) atoms. The number of hydrogen-bond donors (Lipinski definition) is 5. The fourth-order valence-electron chi connectivity index (χ4n) is 7.65. The van der Waals surface area contributed by atoms with E-state index >= 15 is 0 Å². The molecular formula is C41H36N6O7S2. The van der Waals surface area contributed by atoms with E-state index in [1.165, 1.54) is 47.2 Å². The third kappa shape index (κ3) is 6.08. The van der Waals surface area contributed by atoms with Crippen molar-refractivity contribution in [1.29, 1.82) is 0 Å². The average molecular weight is 789 g/mol. The Morgan fingerprint density at radius 3 is 1.95 bits per heavy atom. The van der Waals surface area contributed by atoms with E-state index in [0.29, 0.717) is 23.9 Å². The summed E-state index contributed by atoms with van der Waals surface area (Å²) in [5.74, 6) is -2.89. The van der Waals surface area contributed by atoms with Crippen molar-refractivity contribution in [1.82, 2.24) is 20.1 Å². The molecule has 0 aliphatic carbocycles. The predicted octanol–water partition coefficient (Wildman–Crippen LogP) is 5.41. The number of aromatic hydroxyl groups is 2. The van der Waals surface area contributed by atoms with Gasteiger partial charge in [-0.25, -0.2) is 9.78 Å². The second-order valence-electron chi connectivity index (χ2n) is 13.7. The van der Waals surface area contributed by atoms with Gasteiger partial charge in [-0.3, -0.25) is 14.5 Å². The van der Waals surface area contributed by atoms with Gasteiger partial charge in [-0.2, -0.15) is 0 Å². The fourth-order valence-corrected chi connectivity index (χ4v) is 9.88. The highest BCUT2D eigenvalue weighted by atomic mass is 32.2. The lowest BCUT2D eigenvalue weighted by Crippen LogP contribution is -2.79. The Balaban J connectivity index is 1.06. The standard InChI is InChI=1S/C41H36N6O7S2/c1-40(37(53)47-34(36(51)52)30(23-55-38(40)47)46-20-24-18-31(48)32(49)19-25(24)21-46)43-35(50)33(45-54-2)29-22-56-39(42-29)44-41(26-12-6-3-7-13-26,27-14-8-4-9-15-27)28-16-10-5-11-17-28/h3-19,22,38,48-49H,20-21,23H2,1-2H3,(H,42,44)(H,43,50)(H,51,52)/b45-33-/t38-,40?/m0/s1. The summed E-state index contributed by atoms with van der Waals surface area (Å²) in [6.45, 7) is 2.15. The van der Waals surface area contributed by atoms with Gasteiger partial charge in [0.1, 0.15) is 29.3 Å². The molecule has 1 aromatic heterocycles. The van der Waals surface area contributed by atoms with Crippen molar-refractivity contribution >= 4 is 51.7 Å². The van der Waals surface area contributed by atoms with Gasteiger partial charge in [0.15, 0.2) is 28.0 Å². The molecule has 2 atom stereocenters. The number of phenols is 2. The van der Waals surface area contributed by atoms with Gasteiger partial charge in [-0.1, -0.05) is 96.2 Å². The summed E-state index contributed by atoms with van der Waals surface area (Å²) < 4.78 is 0. The minimum Gasteiger partial charge on any atom is -0.504 e. The van der Waals surface area contributed by atoms with Crippen LogP contribution in [0.4, 0.5) is 5.13 Å².